The summed E-state index contributed by atoms with van der Waals surface area (Å²) in [5.41, 5.74) is 4.55. The molecule has 142 valence electrons. The summed E-state index contributed by atoms with van der Waals surface area (Å²) >= 11 is 0. The average molecular weight is 379 g/mol. The lowest BCUT2D eigenvalue weighted by Gasteiger charge is -2.10. The third-order valence-electron chi connectivity index (χ3n) is 3.59. The Labute approximate surface area is 152 Å². The Kier molecular flexibility index (Phi) is 6.17. The zero-order chi connectivity index (χ0) is 20.0. The molecule has 0 aliphatic carbocycles. The van der Waals surface area contributed by atoms with Crippen LogP contribution in [0.2, 0.25) is 0 Å². The molecule has 0 aromatic heterocycles. The first-order valence-corrected chi connectivity index (χ1v) is 7.79. The van der Waals surface area contributed by atoms with Crippen LogP contribution < -0.4 is 16.2 Å². The van der Waals surface area contributed by atoms with Gasteiger partial charge in [0, 0.05) is 11.1 Å². The van der Waals surface area contributed by atoms with Crippen LogP contribution in [0.4, 0.5) is 13.2 Å². The number of hydrazine groups is 1. The highest BCUT2D eigenvalue weighted by molar-refractivity contribution is 5.98. The number of carbonyl (C=O) groups excluding carboxylic acids is 3. The van der Waals surface area contributed by atoms with E-state index in [1.165, 1.54) is 0 Å². The maximum Gasteiger partial charge on any atom is 0.416 e. The lowest BCUT2D eigenvalue weighted by atomic mass is 10.1. The summed E-state index contributed by atoms with van der Waals surface area (Å²) in [6.07, 6.45) is -4.50. The molecule has 3 amide bonds. The summed E-state index contributed by atoms with van der Waals surface area (Å²) < 4.78 is 37.5. The summed E-state index contributed by atoms with van der Waals surface area (Å²) in [5, 5.41) is 2.25. The number of hydrogen-bond donors (Lipinski definition) is 3. The normalized spacial score (nSPS) is 10.8. The van der Waals surface area contributed by atoms with Gasteiger partial charge in [-0.25, -0.2) is 0 Å². The number of amides is 3. The van der Waals surface area contributed by atoms with E-state index in [0.717, 1.165) is 29.8 Å². The molecule has 0 bridgehead atoms. The maximum absolute atomic E-state index is 12.5. The first-order valence-electron chi connectivity index (χ1n) is 7.79. The first kappa shape index (κ1) is 20.0. The van der Waals surface area contributed by atoms with Gasteiger partial charge in [-0.05, 0) is 42.8 Å². The van der Waals surface area contributed by atoms with Gasteiger partial charge in [-0.3, -0.25) is 25.2 Å². The molecule has 0 spiro atoms. The highest BCUT2D eigenvalue weighted by Crippen LogP contribution is 2.29. The van der Waals surface area contributed by atoms with Gasteiger partial charge in [-0.1, -0.05) is 18.2 Å². The summed E-state index contributed by atoms with van der Waals surface area (Å²) in [6, 6.07) is 10.3. The highest BCUT2D eigenvalue weighted by Gasteiger charge is 2.30. The van der Waals surface area contributed by atoms with Gasteiger partial charge in [0.25, 0.3) is 17.7 Å². The van der Waals surface area contributed by atoms with Crippen LogP contribution in [0, 0.1) is 6.92 Å². The van der Waals surface area contributed by atoms with Crippen molar-refractivity contribution in [3.63, 3.8) is 0 Å². The molecule has 0 aliphatic heterocycles. The average Bonchev–Trinajstić information content (AvgIpc) is 2.64. The van der Waals surface area contributed by atoms with E-state index in [1.54, 1.807) is 31.2 Å². The molecule has 2 rings (SSSR count). The van der Waals surface area contributed by atoms with Gasteiger partial charge in [-0.2, -0.15) is 13.2 Å². The van der Waals surface area contributed by atoms with Gasteiger partial charge < -0.3 is 5.32 Å². The standard InChI is InChI=1S/C18H16F3N3O3/c1-11-4-2-3-5-14(11)17(27)24-23-15(25)10-22-16(26)12-6-8-13(9-7-12)18(19,20)21/h2-9H,10H2,1H3,(H,22,26)(H,23,25)(H,24,27). The van der Waals surface area contributed by atoms with Gasteiger partial charge in [-0.15, -0.1) is 0 Å². The van der Waals surface area contributed by atoms with Crippen molar-refractivity contribution in [3.8, 4) is 0 Å². The van der Waals surface area contributed by atoms with Crippen LogP contribution in [0.25, 0.3) is 0 Å². The van der Waals surface area contributed by atoms with Gasteiger partial charge in [0.1, 0.15) is 0 Å². The van der Waals surface area contributed by atoms with Crippen molar-refractivity contribution < 1.29 is 27.6 Å². The Balaban J connectivity index is 1.82. The largest absolute Gasteiger partial charge is 0.416 e. The van der Waals surface area contributed by atoms with Gasteiger partial charge in [0.2, 0.25) is 0 Å². The second-order valence-corrected chi connectivity index (χ2v) is 5.58. The van der Waals surface area contributed by atoms with E-state index in [9.17, 15) is 27.6 Å². The predicted octanol–water partition coefficient (Wildman–Crippen LogP) is 2.20. The fraction of sp³-hybridized carbons (Fsp3) is 0.167. The lowest BCUT2D eigenvalue weighted by Crippen LogP contribution is -2.46. The molecule has 27 heavy (non-hydrogen) atoms. The smallest absolute Gasteiger partial charge is 0.343 e. The number of alkyl halides is 3. The summed E-state index contributed by atoms with van der Waals surface area (Å²) in [6.45, 7) is 1.27. The van der Waals surface area contributed by atoms with Crippen LogP contribution in [0.1, 0.15) is 31.8 Å². The van der Waals surface area contributed by atoms with Crippen molar-refractivity contribution in [2.24, 2.45) is 0 Å². The monoisotopic (exact) mass is 379 g/mol. The highest BCUT2D eigenvalue weighted by atomic mass is 19.4. The SMILES string of the molecule is Cc1ccccc1C(=O)NNC(=O)CNC(=O)c1ccc(C(F)(F)F)cc1. The minimum Gasteiger partial charge on any atom is -0.343 e. The molecule has 0 atom stereocenters. The number of aryl methyl sites for hydroxylation is 1. The molecular weight excluding hydrogens is 363 g/mol. The third-order valence-corrected chi connectivity index (χ3v) is 3.59. The van der Waals surface area contributed by atoms with E-state index in [0.29, 0.717) is 5.56 Å². The Hall–Kier alpha value is -3.36. The Bertz CT molecular complexity index is 849. The minimum absolute atomic E-state index is 0.0280. The molecule has 2 aromatic carbocycles. The van der Waals surface area contributed by atoms with Crippen molar-refractivity contribution in [2.75, 3.05) is 6.54 Å². The molecule has 0 saturated heterocycles. The zero-order valence-corrected chi connectivity index (χ0v) is 14.2. The van der Waals surface area contributed by atoms with E-state index in [4.69, 9.17) is 0 Å². The van der Waals surface area contributed by atoms with Crippen molar-refractivity contribution in [1.82, 2.24) is 16.2 Å². The van der Waals surface area contributed by atoms with E-state index in [1.807, 2.05) is 0 Å². The van der Waals surface area contributed by atoms with Crippen molar-refractivity contribution >= 4 is 17.7 Å². The van der Waals surface area contributed by atoms with Gasteiger partial charge >= 0.3 is 6.18 Å². The lowest BCUT2D eigenvalue weighted by molar-refractivity contribution is -0.137. The van der Waals surface area contributed by atoms with Crippen molar-refractivity contribution in [2.45, 2.75) is 13.1 Å². The number of carbonyl (C=O) groups is 3. The second kappa shape index (κ2) is 8.35. The van der Waals surface area contributed by atoms with Crippen molar-refractivity contribution in [3.05, 3.63) is 70.8 Å². The second-order valence-electron chi connectivity index (χ2n) is 5.58. The van der Waals surface area contributed by atoms with Gasteiger partial charge in [0.15, 0.2) is 0 Å². The Morgan fingerprint density at radius 3 is 2.11 bits per heavy atom. The van der Waals surface area contributed by atoms with E-state index in [2.05, 4.69) is 16.2 Å². The number of hydrogen-bond acceptors (Lipinski definition) is 3. The molecule has 0 saturated carbocycles. The van der Waals surface area contributed by atoms with E-state index >= 15 is 0 Å². The number of nitrogens with one attached hydrogen (secondary N) is 3. The summed E-state index contributed by atoms with van der Waals surface area (Å²) in [4.78, 5) is 35.5. The molecule has 0 aliphatic rings. The molecule has 9 heteroatoms. The maximum atomic E-state index is 12.5. The summed E-state index contributed by atoms with van der Waals surface area (Å²) in [7, 11) is 0. The predicted molar refractivity (Wildman–Crippen MR) is 90.6 cm³/mol. The molecule has 0 radical (unpaired) electrons. The molecule has 6 nitrogen and oxygen atoms in total. The van der Waals surface area contributed by atoms with E-state index < -0.39 is 36.0 Å². The molecule has 0 unspecified atom stereocenters. The molecule has 0 heterocycles. The summed E-state index contributed by atoms with van der Waals surface area (Å²) in [5.74, 6) is -1.93. The fourth-order valence-electron chi connectivity index (χ4n) is 2.14. The molecular formula is C18H16F3N3O3. The van der Waals surface area contributed by atoms with Crippen LogP contribution in [0.3, 0.4) is 0 Å². The number of benzene rings is 2. The van der Waals surface area contributed by atoms with Gasteiger partial charge in [0.05, 0.1) is 12.1 Å². The zero-order valence-electron chi connectivity index (χ0n) is 14.2. The first-order chi connectivity index (χ1) is 12.7. The van der Waals surface area contributed by atoms with Crippen molar-refractivity contribution in [1.29, 1.82) is 0 Å². The number of halogens is 3. The minimum atomic E-state index is -4.50. The molecule has 2 aromatic rings. The Morgan fingerprint density at radius 1 is 0.889 bits per heavy atom. The molecule has 3 N–H and O–H groups in total. The van der Waals surface area contributed by atoms with Crippen LogP contribution in [-0.2, 0) is 11.0 Å². The van der Waals surface area contributed by atoms with Crippen LogP contribution in [-0.4, -0.2) is 24.3 Å². The third kappa shape index (κ3) is 5.56. The number of rotatable bonds is 4. The Morgan fingerprint density at radius 2 is 1.52 bits per heavy atom. The van der Waals surface area contributed by atoms with E-state index in [-0.39, 0.29) is 5.56 Å². The van der Waals surface area contributed by atoms with Crippen LogP contribution in [0.15, 0.2) is 48.5 Å². The van der Waals surface area contributed by atoms with Crippen LogP contribution in [0.5, 0.6) is 0 Å². The molecule has 0 fully saturated rings. The topological polar surface area (TPSA) is 87.3 Å². The van der Waals surface area contributed by atoms with Crippen LogP contribution >= 0.6 is 0 Å². The fourth-order valence-corrected chi connectivity index (χ4v) is 2.14. The quantitative estimate of drug-likeness (QED) is 0.712.